The number of rotatable bonds is 1. The lowest BCUT2D eigenvalue weighted by Gasteiger charge is -2.31. The second-order valence-corrected chi connectivity index (χ2v) is 4.35. The quantitative estimate of drug-likeness (QED) is 0.806. The highest BCUT2D eigenvalue weighted by molar-refractivity contribution is 9.10. The molecule has 0 radical (unpaired) electrons. The average Bonchev–Trinajstić information content (AvgIpc) is 2.05. The minimum absolute atomic E-state index is 0.158. The number of aliphatic hydroxyl groups excluding tert-OH is 1. The molecule has 2 rings (SSSR count). The van der Waals surface area contributed by atoms with Gasteiger partial charge in [-0.3, -0.25) is 0 Å². The van der Waals surface area contributed by atoms with Crippen molar-refractivity contribution in [2.75, 3.05) is 0 Å². The van der Waals surface area contributed by atoms with Crippen LogP contribution in [-0.2, 0) is 0 Å². The van der Waals surface area contributed by atoms with Crippen LogP contribution in [0.3, 0.4) is 0 Å². The number of hydrogen-bond donors (Lipinski definition) is 1. The van der Waals surface area contributed by atoms with Crippen molar-refractivity contribution in [2.24, 2.45) is 0 Å². The zero-order valence-corrected chi connectivity index (χ0v) is 8.59. The average molecular weight is 245 g/mol. The first-order chi connectivity index (χ1) is 6.16. The van der Waals surface area contributed by atoms with Crippen molar-refractivity contribution in [1.29, 1.82) is 0 Å². The van der Waals surface area contributed by atoms with Crippen LogP contribution < -0.4 is 0 Å². The van der Waals surface area contributed by atoms with Gasteiger partial charge in [-0.05, 0) is 52.4 Å². The van der Waals surface area contributed by atoms with E-state index in [4.69, 9.17) is 5.11 Å². The van der Waals surface area contributed by atoms with Crippen molar-refractivity contribution in [3.05, 3.63) is 34.1 Å². The fourth-order valence-electron chi connectivity index (χ4n) is 1.63. The highest BCUT2D eigenvalue weighted by atomic mass is 79.9. The summed E-state index contributed by atoms with van der Waals surface area (Å²) in [5, 5.41) is 9.12. The smallest absolute Gasteiger partial charge is 0.137 e. The van der Waals surface area contributed by atoms with Gasteiger partial charge in [0, 0.05) is 0 Å². The zero-order chi connectivity index (χ0) is 9.42. The molecule has 70 valence electrons. The highest BCUT2D eigenvalue weighted by Gasteiger charge is 2.28. The van der Waals surface area contributed by atoms with E-state index in [2.05, 4.69) is 15.9 Å². The van der Waals surface area contributed by atoms with E-state index in [1.54, 1.807) is 12.1 Å². The van der Waals surface area contributed by atoms with Crippen LogP contribution in [0.2, 0.25) is 0 Å². The lowest BCUT2D eigenvalue weighted by Crippen LogP contribution is -2.26. The predicted molar refractivity (Wildman–Crippen MR) is 52.1 cm³/mol. The summed E-state index contributed by atoms with van der Waals surface area (Å²) in [5.74, 6) is 0.176. The SMILES string of the molecule is OC1CC(c2ccc(F)c(Br)c2)C1. The second-order valence-electron chi connectivity index (χ2n) is 3.50. The van der Waals surface area contributed by atoms with Crippen LogP contribution in [0.5, 0.6) is 0 Å². The van der Waals surface area contributed by atoms with E-state index in [9.17, 15) is 4.39 Å². The van der Waals surface area contributed by atoms with Gasteiger partial charge in [-0.25, -0.2) is 4.39 Å². The molecule has 1 saturated carbocycles. The topological polar surface area (TPSA) is 20.2 Å². The van der Waals surface area contributed by atoms with Gasteiger partial charge < -0.3 is 5.11 Å². The van der Waals surface area contributed by atoms with Crippen molar-refractivity contribution in [3.63, 3.8) is 0 Å². The molecule has 0 amide bonds. The molecule has 1 aliphatic rings. The van der Waals surface area contributed by atoms with Crippen LogP contribution >= 0.6 is 15.9 Å². The molecule has 0 bridgehead atoms. The van der Waals surface area contributed by atoms with E-state index in [0.717, 1.165) is 18.4 Å². The first-order valence-corrected chi connectivity index (χ1v) is 5.09. The third-order valence-electron chi connectivity index (χ3n) is 2.53. The van der Waals surface area contributed by atoms with Crippen molar-refractivity contribution in [2.45, 2.75) is 24.9 Å². The Morgan fingerprint density at radius 1 is 1.38 bits per heavy atom. The molecule has 0 unspecified atom stereocenters. The van der Waals surface area contributed by atoms with Gasteiger partial charge in [-0.15, -0.1) is 0 Å². The lowest BCUT2D eigenvalue weighted by atomic mass is 9.78. The lowest BCUT2D eigenvalue weighted by molar-refractivity contribution is 0.0746. The maximum absolute atomic E-state index is 12.9. The summed E-state index contributed by atoms with van der Waals surface area (Å²) >= 11 is 3.15. The van der Waals surface area contributed by atoms with Crippen molar-refractivity contribution < 1.29 is 9.50 Å². The molecule has 3 heteroatoms. The Kier molecular flexibility index (Phi) is 2.39. The molecule has 0 aromatic heterocycles. The van der Waals surface area contributed by atoms with Crippen LogP contribution in [0, 0.1) is 5.82 Å². The number of halogens is 2. The molecule has 1 fully saturated rings. The molecule has 1 aliphatic carbocycles. The Bertz CT molecular complexity index is 321. The van der Waals surface area contributed by atoms with Gasteiger partial charge in [-0.1, -0.05) is 6.07 Å². The van der Waals surface area contributed by atoms with Gasteiger partial charge >= 0.3 is 0 Å². The second kappa shape index (κ2) is 3.39. The van der Waals surface area contributed by atoms with E-state index in [1.165, 1.54) is 6.07 Å². The molecule has 1 aromatic rings. The maximum Gasteiger partial charge on any atom is 0.137 e. The zero-order valence-electron chi connectivity index (χ0n) is 7.00. The molecule has 0 heterocycles. The van der Waals surface area contributed by atoms with Crippen LogP contribution in [0.15, 0.2) is 22.7 Å². The van der Waals surface area contributed by atoms with Gasteiger partial charge in [0.1, 0.15) is 5.82 Å². The molecule has 1 nitrogen and oxygen atoms in total. The van der Waals surface area contributed by atoms with Crippen LogP contribution in [0.4, 0.5) is 4.39 Å². The Morgan fingerprint density at radius 2 is 2.08 bits per heavy atom. The Labute approximate surface area is 84.7 Å². The normalized spacial score (nSPS) is 27.0. The summed E-state index contributed by atoms with van der Waals surface area (Å²) < 4.78 is 13.4. The Balaban J connectivity index is 2.18. The molecular formula is C10H10BrFO. The molecule has 1 aromatic carbocycles. The summed E-state index contributed by atoms with van der Waals surface area (Å²) in [6.45, 7) is 0. The molecule has 0 spiro atoms. The van der Waals surface area contributed by atoms with Crippen molar-refractivity contribution in [1.82, 2.24) is 0 Å². The summed E-state index contributed by atoms with van der Waals surface area (Å²) in [7, 11) is 0. The van der Waals surface area contributed by atoms with Gasteiger partial charge in [0.25, 0.3) is 0 Å². The molecule has 13 heavy (non-hydrogen) atoms. The number of benzene rings is 1. The maximum atomic E-state index is 12.9. The predicted octanol–water partition coefficient (Wildman–Crippen LogP) is 2.83. The van der Waals surface area contributed by atoms with Crippen LogP contribution in [0.25, 0.3) is 0 Å². The molecule has 0 aliphatic heterocycles. The molecule has 0 atom stereocenters. The third kappa shape index (κ3) is 1.76. The van der Waals surface area contributed by atoms with Crippen LogP contribution in [0.1, 0.15) is 24.3 Å². The van der Waals surface area contributed by atoms with Crippen molar-refractivity contribution >= 4 is 15.9 Å². The fraction of sp³-hybridized carbons (Fsp3) is 0.400. The molecular weight excluding hydrogens is 235 g/mol. The van der Waals surface area contributed by atoms with Crippen LogP contribution in [-0.4, -0.2) is 11.2 Å². The summed E-state index contributed by atoms with van der Waals surface area (Å²) in [6.07, 6.45) is 1.45. The minimum Gasteiger partial charge on any atom is -0.393 e. The molecule has 0 saturated heterocycles. The summed E-state index contributed by atoms with van der Waals surface area (Å²) in [5.41, 5.74) is 1.11. The van der Waals surface area contributed by atoms with E-state index in [1.807, 2.05) is 0 Å². The van der Waals surface area contributed by atoms with E-state index in [-0.39, 0.29) is 11.9 Å². The van der Waals surface area contributed by atoms with Gasteiger partial charge in [0.15, 0.2) is 0 Å². The Hall–Kier alpha value is -0.410. The van der Waals surface area contributed by atoms with E-state index >= 15 is 0 Å². The first kappa shape index (κ1) is 9.16. The number of hydrogen-bond acceptors (Lipinski definition) is 1. The van der Waals surface area contributed by atoms with Gasteiger partial charge in [0.2, 0.25) is 0 Å². The minimum atomic E-state index is -0.233. The van der Waals surface area contributed by atoms with Crippen molar-refractivity contribution in [3.8, 4) is 0 Å². The Morgan fingerprint density at radius 3 is 2.62 bits per heavy atom. The summed E-state index contributed by atoms with van der Waals surface area (Å²) in [4.78, 5) is 0. The van der Waals surface area contributed by atoms with E-state index < -0.39 is 0 Å². The van der Waals surface area contributed by atoms with Gasteiger partial charge in [-0.2, -0.15) is 0 Å². The fourth-order valence-corrected chi connectivity index (χ4v) is 2.02. The van der Waals surface area contributed by atoms with E-state index in [0.29, 0.717) is 10.4 Å². The van der Waals surface area contributed by atoms with Gasteiger partial charge in [0.05, 0.1) is 10.6 Å². The largest absolute Gasteiger partial charge is 0.393 e. The first-order valence-electron chi connectivity index (χ1n) is 4.30. The monoisotopic (exact) mass is 244 g/mol. The number of aliphatic hydroxyl groups is 1. The standard InChI is InChI=1S/C10H10BrFO/c11-9-5-6(1-2-10(9)12)7-3-8(13)4-7/h1-2,5,7-8,13H,3-4H2. The molecule has 1 N–H and O–H groups in total. The summed E-state index contributed by atoms with van der Waals surface area (Å²) in [6, 6.07) is 5.05. The highest BCUT2D eigenvalue weighted by Crippen LogP contribution is 2.37. The third-order valence-corrected chi connectivity index (χ3v) is 3.14.